The quantitative estimate of drug-likeness (QED) is 0.727. The first-order chi connectivity index (χ1) is 8.08. The summed E-state index contributed by atoms with van der Waals surface area (Å²) >= 11 is 0. The predicted octanol–water partition coefficient (Wildman–Crippen LogP) is 0.0214. The molecule has 1 fully saturated rings. The van der Waals surface area contributed by atoms with Gasteiger partial charge in [0.15, 0.2) is 0 Å². The van der Waals surface area contributed by atoms with Gasteiger partial charge in [-0.1, -0.05) is 0 Å². The number of H-pyrrole nitrogens is 2. The Morgan fingerprint density at radius 1 is 1.24 bits per heavy atom. The Hall–Kier alpha value is -2.11. The fourth-order valence-electron chi connectivity index (χ4n) is 2.12. The molecule has 0 saturated heterocycles. The number of fused-ring (bicyclic) bond motifs is 1. The molecule has 0 atom stereocenters. The van der Waals surface area contributed by atoms with Crippen LogP contribution in [-0.4, -0.2) is 14.5 Å². The highest BCUT2D eigenvalue weighted by atomic mass is 16.2. The van der Waals surface area contributed by atoms with Gasteiger partial charge in [-0.15, -0.1) is 0 Å². The number of aromatic nitrogens is 3. The molecule has 0 radical (unpaired) electrons. The van der Waals surface area contributed by atoms with Crippen LogP contribution in [0.2, 0.25) is 0 Å². The summed E-state index contributed by atoms with van der Waals surface area (Å²) in [6.45, 7) is 1.65. The van der Waals surface area contributed by atoms with E-state index in [9.17, 15) is 14.4 Å². The molecule has 0 amide bonds. The van der Waals surface area contributed by atoms with Gasteiger partial charge in [0.25, 0.3) is 5.56 Å². The molecule has 0 bridgehead atoms. The smallest absolute Gasteiger partial charge is 0.326 e. The Labute approximate surface area is 94.9 Å². The van der Waals surface area contributed by atoms with Crippen LogP contribution in [0.4, 0.5) is 0 Å². The Bertz CT molecular complexity index is 777. The summed E-state index contributed by atoms with van der Waals surface area (Å²) in [6, 6.07) is 1.25. The van der Waals surface area contributed by atoms with E-state index in [1.54, 1.807) is 6.92 Å². The molecule has 2 aromatic heterocycles. The SMILES string of the molecule is Cc1[nH]c(=O)cc2[nH]c(=O)n(C3CC3)c(=O)c12. The summed E-state index contributed by atoms with van der Waals surface area (Å²) in [4.78, 5) is 40.4. The van der Waals surface area contributed by atoms with Gasteiger partial charge in [-0.3, -0.25) is 14.2 Å². The van der Waals surface area contributed by atoms with E-state index in [1.807, 2.05) is 0 Å². The van der Waals surface area contributed by atoms with Crippen LogP contribution in [-0.2, 0) is 0 Å². The zero-order chi connectivity index (χ0) is 12.2. The van der Waals surface area contributed by atoms with Crippen LogP contribution in [0.1, 0.15) is 24.6 Å². The van der Waals surface area contributed by atoms with E-state index < -0.39 is 5.69 Å². The Balaban J connectivity index is 2.53. The van der Waals surface area contributed by atoms with Gasteiger partial charge in [0.2, 0.25) is 5.56 Å². The van der Waals surface area contributed by atoms with Crippen molar-refractivity contribution >= 4 is 10.9 Å². The number of rotatable bonds is 1. The maximum Gasteiger partial charge on any atom is 0.329 e. The number of hydrogen-bond acceptors (Lipinski definition) is 3. The largest absolute Gasteiger partial charge is 0.329 e. The monoisotopic (exact) mass is 233 g/mol. The molecule has 6 heteroatoms. The lowest BCUT2D eigenvalue weighted by molar-refractivity contribution is 0.665. The zero-order valence-corrected chi connectivity index (χ0v) is 9.24. The number of nitrogens with one attached hydrogen (secondary N) is 2. The van der Waals surface area contributed by atoms with E-state index >= 15 is 0 Å². The molecule has 2 aromatic rings. The van der Waals surface area contributed by atoms with Gasteiger partial charge in [-0.25, -0.2) is 4.79 Å². The molecule has 1 aliphatic carbocycles. The van der Waals surface area contributed by atoms with Gasteiger partial charge in [0.05, 0.1) is 10.9 Å². The second-order valence-corrected chi connectivity index (χ2v) is 4.38. The predicted molar refractivity (Wildman–Crippen MR) is 62.5 cm³/mol. The van der Waals surface area contributed by atoms with E-state index in [2.05, 4.69) is 9.97 Å². The van der Waals surface area contributed by atoms with Crippen LogP contribution in [0, 0.1) is 6.92 Å². The zero-order valence-electron chi connectivity index (χ0n) is 9.24. The topological polar surface area (TPSA) is 87.7 Å². The van der Waals surface area contributed by atoms with Crippen LogP contribution in [0.15, 0.2) is 20.4 Å². The van der Waals surface area contributed by atoms with Crippen LogP contribution in [0.3, 0.4) is 0 Å². The maximum absolute atomic E-state index is 12.2. The molecule has 2 heterocycles. The molecule has 1 aliphatic rings. The third-order valence-corrected chi connectivity index (χ3v) is 3.04. The standard InChI is InChI=1S/C11H11N3O3/c1-5-9-7(4-8(15)12-5)13-11(17)14(10(9)16)6-2-3-6/h4,6H,2-3H2,1H3,(H,12,15)(H,13,17). The lowest BCUT2D eigenvalue weighted by Crippen LogP contribution is -2.35. The van der Waals surface area contributed by atoms with E-state index in [0.29, 0.717) is 16.6 Å². The van der Waals surface area contributed by atoms with Crippen molar-refractivity contribution in [2.45, 2.75) is 25.8 Å². The van der Waals surface area contributed by atoms with E-state index in [-0.39, 0.29) is 17.2 Å². The number of hydrogen-bond donors (Lipinski definition) is 2. The van der Waals surface area contributed by atoms with Crippen molar-refractivity contribution in [1.82, 2.24) is 14.5 Å². The minimum absolute atomic E-state index is 0.0157. The molecule has 0 spiro atoms. The molecular weight excluding hydrogens is 222 g/mol. The minimum atomic E-state index is -0.435. The number of nitrogens with zero attached hydrogens (tertiary/aromatic N) is 1. The first-order valence-corrected chi connectivity index (χ1v) is 5.46. The molecule has 1 saturated carbocycles. The summed E-state index contributed by atoms with van der Waals surface area (Å²) < 4.78 is 1.24. The fourth-order valence-corrected chi connectivity index (χ4v) is 2.12. The number of aryl methyl sites for hydroxylation is 1. The van der Waals surface area contributed by atoms with Gasteiger partial charge < -0.3 is 9.97 Å². The van der Waals surface area contributed by atoms with E-state index in [0.717, 1.165) is 12.8 Å². The molecule has 2 N–H and O–H groups in total. The molecular formula is C11H11N3O3. The van der Waals surface area contributed by atoms with Crippen molar-refractivity contribution in [2.24, 2.45) is 0 Å². The molecule has 0 unspecified atom stereocenters. The van der Waals surface area contributed by atoms with Crippen molar-refractivity contribution in [3.05, 3.63) is 43.0 Å². The average Bonchev–Trinajstić information content (AvgIpc) is 2.99. The van der Waals surface area contributed by atoms with Gasteiger partial charge >= 0.3 is 5.69 Å². The van der Waals surface area contributed by atoms with Crippen molar-refractivity contribution in [1.29, 1.82) is 0 Å². The van der Waals surface area contributed by atoms with Gasteiger partial charge in [0.1, 0.15) is 0 Å². The van der Waals surface area contributed by atoms with Gasteiger partial charge in [-0.2, -0.15) is 0 Å². The lowest BCUT2D eigenvalue weighted by atomic mass is 10.2. The minimum Gasteiger partial charge on any atom is -0.326 e. The Morgan fingerprint density at radius 2 is 1.94 bits per heavy atom. The number of aromatic amines is 2. The van der Waals surface area contributed by atoms with E-state index in [4.69, 9.17) is 0 Å². The average molecular weight is 233 g/mol. The molecule has 88 valence electrons. The highest BCUT2D eigenvalue weighted by Gasteiger charge is 2.27. The lowest BCUT2D eigenvalue weighted by Gasteiger charge is -2.05. The Morgan fingerprint density at radius 3 is 2.59 bits per heavy atom. The first kappa shape index (κ1) is 10.1. The summed E-state index contributed by atoms with van der Waals surface area (Å²) in [5.74, 6) is 0. The van der Waals surface area contributed by atoms with Crippen LogP contribution in [0.5, 0.6) is 0 Å². The summed E-state index contributed by atoms with van der Waals surface area (Å²) in [5, 5.41) is 0.385. The molecule has 17 heavy (non-hydrogen) atoms. The molecule has 6 nitrogen and oxygen atoms in total. The van der Waals surface area contributed by atoms with Crippen LogP contribution >= 0.6 is 0 Å². The fraction of sp³-hybridized carbons (Fsp3) is 0.364. The van der Waals surface area contributed by atoms with Gasteiger partial charge in [0, 0.05) is 17.8 Å². The molecule has 3 rings (SSSR count). The molecule has 0 aromatic carbocycles. The Kier molecular flexibility index (Phi) is 1.89. The third kappa shape index (κ3) is 1.44. The highest BCUT2D eigenvalue weighted by molar-refractivity contribution is 5.79. The summed E-state index contributed by atoms with van der Waals surface area (Å²) in [5.41, 5.74) is -0.287. The van der Waals surface area contributed by atoms with Crippen molar-refractivity contribution in [3.8, 4) is 0 Å². The maximum atomic E-state index is 12.2. The second kappa shape index (κ2) is 3.19. The first-order valence-electron chi connectivity index (χ1n) is 5.46. The highest BCUT2D eigenvalue weighted by Crippen LogP contribution is 2.32. The van der Waals surface area contributed by atoms with Crippen molar-refractivity contribution < 1.29 is 0 Å². The van der Waals surface area contributed by atoms with E-state index in [1.165, 1.54) is 10.6 Å². The van der Waals surface area contributed by atoms with Crippen LogP contribution < -0.4 is 16.8 Å². The van der Waals surface area contributed by atoms with Gasteiger partial charge in [-0.05, 0) is 19.8 Å². The molecule has 0 aliphatic heterocycles. The number of pyridine rings is 1. The van der Waals surface area contributed by atoms with Crippen molar-refractivity contribution in [2.75, 3.05) is 0 Å². The summed E-state index contributed by atoms with van der Waals surface area (Å²) in [6.07, 6.45) is 1.72. The normalized spacial score (nSPS) is 15.4. The second-order valence-electron chi connectivity index (χ2n) is 4.38. The summed E-state index contributed by atoms with van der Waals surface area (Å²) in [7, 11) is 0. The third-order valence-electron chi connectivity index (χ3n) is 3.04. The van der Waals surface area contributed by atoms with Crippen LogP contribution in [0.25, 0.3) is 10.9 Å². The van der Waals surface area contributed by atoms with Crippen molar-refractivity contribution in [3.63, 3.8) is 0 Å².